The van der Waals surface area contributed by atoms with Crippen LogP contribution in [0.3, 0.4) is 0 Å². The van der Waals surface area contributed by atoms with Gasteiger partial charge in [0.25, 0.3) is 0 Å². The van der Waals surface area contributed by atoms with Gasteiger partial charge in [0.15, 0.2) is 0 Å². The maximum atomic E-state index is 4.10. The Morgan fingerprint density at radius 1 is 1.40 bits per heavy atom. The Morgan fingerprint density at radius 2 is 2.40 bits per heavy atom. The van der Waals surface area contributed by atoms with Gasteiger partial charge >= 0.3 is 0 Å². The molecule has 0 unspecified atom stereocenters. The highest BCUT2D eigenvalue weighted by Crippen LogP contribution is 2.13. The molecule has 2 nitrogen and oxygen atoms in total. The highest BCUT2D eigenvalue weighted by molar-refractivity contribution is 5.74. The fourth-order valence-electron chi connectivity index (χ4n) is 1.03. The molecule has 2 heterocycles. The maximum absolute atomic E-state index is 4.10. The Morgan fingerprint density at radius 3 is 3.30 bits per heavy atom. The molecule has 0 radical (unpaired) electrons. The molecular formula is C8H8N2. The standard InChI is InChI=1S/C8H8N2/c1-2-6-10-7-9-5-4-8(10)3-1/h1-6H,7H2. The van der Waals surface area contributed by atoms with Crippen LogP contribution in [0.15, 0.2) is 41.2 Å². The van der Waals surface area contributed by atoms with Crippen molar-refractivity contribution < 1.29 is 0 Å². The molecule has 0 aliphatic carbocycles. The van der Waals surface area contributed by atoms with E-state index in [-0.39, 0.29) is 0 Å². The van der Waals surface area contributed by atoms with E-state index in [2.05, 4.69) is 16.0 Å². The average Bonchev–Trinajstić information content (AvgIpc) is 2.05. The predicted molar refractivity (Wildman–Crippen MR) is 41.6 cm³/mol. The lowest BCUT2D eigenvalue weighted by molar-refractivity contribution is 0.488. The summed E-state index contributed by atoms with van der Waals surface area (Å²) in [6, 6.07) is 0. The van der Waals surface area contributed by atoms with Crippen LogP contribution in [0.4, 0.5) is 0 Å². The number of rotatable bonds is 0. The van der Waals surface area contributed by atoms with E-state index in [0.29, 0.717) is 0 Å². The molecule has 2 aliphatic heterocycles. The number of hydrogen-bond acceptors (Lipinski definition) is 2. The molecular weight excluding hydrogens is 124 g/mol. The molecule has 0 bridgehead atoms. The molecule has 0 spiro atoms. The van der Waals surface area contributed by atoms with Crippen LogP contribution in [0.1, 0.15) is 0 Å². The van der Waals surface area contributed by atoms with Gasteiger partial charge in [0.1, 0.15) is 6.67 Å². The average molecular weight is 132 g/mol. The zero-order chi connectivity index (χ0) is 6.81. The maximum Gasteiger partial charge on any atom is 0.114 e. The van der Waals surface area contributed by atoms with Gasteiger partial charge in [-0.3, -0.25) is 4.99 Å². The van der Waals surface area contributed by atoms with E-state index in [1.807, 2.05) is 30.6 Å². The van der Waals surface area contributed by atoms with Gasteiger partial charge in [-0.2, -0.15) is 0 Å². The molecule has 50 valence electrons. The third kappa shape index (κ3) is 0.778. The Kier molecular flexibility index (Phi) is 1.17. The van der Waals surface area contributed by atoms with E-state index in [1.165, 1.54) is 5.70 Å². The third-order valence-corrected chi connectivity index (χ3v) is 1.56. The quantitative estimate of drug-likeness (QED) is 0.485. The second-order valence-corrected chi connectivity index (χ2v) is 2.24. The Labute approximate surface area is 59.9 Å². The first-order valence-electron chi connectivity index (χ1n) is 3.28. The van der Waals surface area contributed by atoms with Crippen molar-refractivity contribution in [3.63, 3.8) is 0 Å². The fourth-order valence-corrected chi connectivity index (χ4v) is 1.03. The number of nitrogens with zero attached hydrogens (tertiary/aromatic N) is 2. The molecule has 0 saturated carbocycles. The van der Waals surface area contributed by atoms with E-state index in [9.17, 15) is 0 Å². The lowest BCUT2D eigenvalue weighted by Gasteiger charge is -2.23. The van der Waals surface area contributed by atoms with Crippen molar-refractivity contribution in [2.75, 3.05) is 6.67 Å². The van der Waals surface area contributed by atoms with Gasteiger partial charge in [0.2, 0.25) is 0 Å². The van der Waals surface area contributed by atoms with Crippen molar-refractivity contribution in [3.05, 3.63) is 36.2 Å². The number of allylic oxidation sites excluding steroid dienone is 4. The zero-order valence-electron chi connectivity index (χ0n) is 5.57. The first-order valence-corrected chi connectivity index (χ1v) is 3.28. The van der Waals surface area contributed by atoms with Crippen molar-refractivity contribution >= 4 is 6.21 Å². The normalized spacial score (nSPS) is 20.8. The van der Waals surface area contributed by atoms with E-state index < -0.39 is 0 Å². The summed E-state index contributed by atoms with van der Waals surface area (Å²) in [4.78, 5) is 6.20. The highest BCUT2D eigenvalue weighted by atomic mass is 15.2. The van der Waals surface area contributed by atoms with Gasteiger partial charge in [-0.05, 0) is 18.2 Å². The number of aliphatic imine (C=N–C) groups is 1. The molecule has 0 amide bonds. The molecule has 2 aliphatic rings. The predicted octanol–water partition coefficient (Wildman–Crippen LogP) is 1.30. The monoisotopic (exact) mass is 132 g/mol. The Hall–Kier alpha value is -1.31. The van der Waals surface area contributed by atoms with Crippen LogP contribution in [-0.4, -0.2) is 17.8 Å². The minimum atomic E-state index is 0.757. The number of hydrogen-bond donors (Lipinski definition) is 0. The second-order valence-electron chi connectivity index (χ2n) is 2.24. The summed E-state index contributed by atoms with van der Waals surface area (Å²) in [5.74, 6) is 0. The molecule has 0 aromatic carbocycles. The van der Waals surface area contributed by atoms with Crippen molar-refractivity contribution in [2.45, 2.75) is 0 Å². The summed E-state index contributed by atoms with van der Waals surface area (Å²) >= 11 is 0. The molecule has 10 heavy (non-hydrogen) atoms. The van der Waals surface area contributed by atoms with Crippen LogP contribution in [0.5, 0.6) is 0 Å². The van der Waals surface area contributed by atoms with E-state index in [4.69, 9.17) is 0 Å². The van der Waals surface area contributed by atoms with Crippen LogP contribution >= 0.6 is 0 Å². The molecule has 0 saturated heterocycles. The summed E-state index contributed by atoms with van der Waals surface area (Å²) in [5.41, 5.74) is 1.22. The fraction of sp³-hybridized carbons (Fsp3) is 0.125. The van der Waals surface area contributed by atoms with Crippen molar-refractivity contribution in [1.29, 1.82) is 0 Å². The summed E-state index contributed by atoms with van der Waals surface area (Å²) < 4.78 is 0. The highest BCUT2D eigenvalue weighted by Gasteiger charge is 2.05. The summed E-state index contributed by atoms with van der Waals surface area (Å²) in [5, 5.41) is 0. The van der Waals surface area contributed by atoms with Crippen LogP contribution < -0.4 is 0 Å². The third-order valence-electron chi connectivity index (χ3n) is 1.56. The lowest BCUT2D eigenvalue weighted by atomic mass is 10.2. The molecule has 0 aromatic rings. The van der Waals surface area contributed by atoms with Gasteiger partial charge < -0.3 is 4.90 Å². The summed E-state index contributed by atoms with van der Waals surface area (Å²) in [6.07, 6.45) is 12.0. The van der Waals surface area contributed by atoms with Gasteiger partial charge in [-0.15, -0.1) is 0 Å². The van der Waals surface area contributed by atoms with Crippen LogP contribution in [0.2, 0.25) is 0 Å². The number of fused-ring (bicyclic) bond motifs is 1. The van der Waals surface area contributed by atoms with Gasteiger partial charge in [-0.25, -0.2) is 0 Å². The van der Waals surface area contributed by atoms with Gasteiger partial charge in [-0.1, -0.05) is 6.08 Å². The van der Waals surface area contributed by atoms with Crippen LogP contribution in [0, 0.1) is 0 Å². The molecule has 0 aromatic heterocycles. The summed E-state index contributed by atoms with van der Waals surface area (Å²) in [6.45, 7) is 0.757. The first kappa shape index (κ1) is 5.47. The second kappa shape index (κ2) is 2.14. The van der Waals surface area contributed by atoms with E-state index in [1.54, 1.807) is 0 Å². The van der Waals surface area contributed by atoms with Crippen LogP contribution in [-0.2, 0) is 0 Å². The molecule has 0 fully saturated rings. The van der Waals surface area contributed by atoms with Gasteiger partial charge in [0, 0.05) is 18.1 Å². The SMILES string of the molecule is C1=CC2=CC=NCN2C=C1. The minimum Gasteiger partial charge on any atom is -0.328 e. The Balaban J connectivity index is 2.34. The molecule has 0 atom stereocenters. The molecule has 0 N–H and O–H groups in total. The smallest absolute Gasteiger partial charge is 0.114 e. The lowest BCUT2D eigenvalue weighted by Crippen LogP contribution is -2.19. The largest absolute Gasteiger partial charge is 0.328 e. The minimum absolute atomic E-state index is 0.757. The van der Waals surface area contributed by atoms with E-state index >= 15 is 0 Å². The van der Waals surface area contributed by atoms with Crippen molar-refractivity contribution in [2.24, 2.45) is 4.99 Å². The van der Waals surface area contributed by atoms with Gasteiger partial charge in [0.05, 0.1) is 0 Å². The first-order chi connectivity index (χ1) is 4.97. The topological polar surface area (TPSA) is 15.6 Å². The Bertz CT molecular complexity index is 246. The zero-order valence-corrected chi connectivity index (χ0v) is 5.57. The molecule has 2 rings (SSSR count). The van der Waals surface area contributed by atoms with Crippen molar-refractivity contribution in [1.82, 2.24) is 4.90 Å². The summed E-state index contributed by atoms with van der Waals surface area (Å²) in [7, 11) is 0. The van der Waals surface area contributed by atoms with Crippen LogP contribution in [0.25, 0.3) is 0 Å². The van der Waals surface area contributed by atoms with Crippen molar-refractivity contribution in [3.8, 4) is 0 Å². The molecule has 2 heteroatoms. The van der Waals surface area contributed by atoms with E-state index in [0.717, 1.165) is 6.67 Å².